The number of pyridine rings is 1. The lowest BCUT2D eigenvalue weighted by Gasteiger charge is -2.24. The second-order valence-corrected chi connectivity index (χ2v) is 7.69. The largest absolute Gasteiger partial charge is 0.507 e. The molecule has 1 saturated heterocycles. The number of aliphatic hydroxyl groups is 1. The summed E-state index contributed by atoms with van der Waals surface area (Å²) in [6.45, 7) is 2.24. The number of carbonyl (C=O) groups is 2. The number of likely N-dealkylation sites (tertiary alicyclic amines) is 1. The van der Waals surface area contributed by atoms with E-state index >= 15 is 0 Å². The van der Waals surface area contributed by atoms with Crippen LogP contribution in [0, 0.1) is 6.92 Å². The van der Waals surface area contributed by atoms with Gasteiger partial charge in [-0.1, -0.05) is 42.0 Å². The maximum absolute atomic E-state index is 12.9. The fourth-order valence-electron chi connectivity index (χ4n) is 3.36. The van der Waals surface area contributed by atoms with Gasteiger partial charge in [-0.3, -0.25) is 14.6 Å². The first kappa shape index (κ1) is 18.1. The molecule has 0 radical (unpaired) electrons. The first-order valence-corrected chi connectivity index (χ1v) is 9.72. The lowest BCUT2D eigenvalue weighted by atomic mass is 9.96. The highest BCUT2D eigenvalue weighted by Gasteiger charge is 2.46. The van der Waals surface area contributed by atoms with Gasteiger partial charge in [-0.15, -0.1) is 11.3 Å². The third kappa shape index (κ3) is 3.23. The van der Waals surface area contributed by atoms with E-state index in [4.69, 9.17) is 0 Å². The Balaban J connectivity index is 1.85. The van der Waals surface area contributed by atoms with Crippen molar-refractivity contribution in [1.29, 1.82) is 0 Å². The second kappa shape index (κ2) is 7.40. The highest BCUT2D eigenvalue weighted by molar-refractivity contribution is 7.09. The van der Waals surface area contributed by atoms with Crippen molar-refractivity contribution < 1.29 is 14.7 Å². The normalized spacial score (nSPS) is 18.6. The van der Waals surface area contributed by atoms with Crippen molar-refractivity contribution in [2.24, 2.45) is 0 Å². The number of nitrogens with zero attached hydrogens (tertiary/aromatic N) is 2. The summed E-state index contributed by atoms with van der Waals surface area (Å²) in [4.78, 5) is 32.3. The van der Waals surface area contributed by atoms with E-state index in [-0.39, 0.29) is 11.3 Å². The highest BCUT2D eigenvalue weighted by atomic mass is 32.1. The predicted octanol–water partition coefficient (Wildman–Crippen LogP) is 4.07. The van der Waals surface area contributed by atoms with Crippen LogP contribution in [-0.4, -0.2) is 26.7 Å². The molecule has 1 aromatic carbocycles. The van der Waals surface area contributed by atoms with Gasteiger partial charge in [0.1, 0.15) is 5.76 Å². The highest BCUT2D eigenvalue weighted by Crippen LogP contribution is 2.40. The number of ketones is 1. The molecule has 1 fully saturated rings. The minimum Gasteiger partial charge on any atom is -0.507 e. The van der Waals surface area contributed by atoms with E-state index in [1.54, 1.807) is 30.6 Å². The van der Waals surface area contributed by atoms with Crippen molar-refractivity contribution in [3.8, 4) is 0 Å². The van der Waals surface area contributed by atoms with Crippen molar-refractivity contribution in [2.45, 2.75) is 19.5 Å². The minimum atomic E-state index is -0.683. The van der Waals surface area contributed by atoms with Crippen LogP contribution in [-0.2, 0) is 16.1 Å². The molecule has 3 aromatic rings. The van der Waals surface area contributed by atoms with Gasteiger partial charge >= 0.3 is 0 Å². The molecule has 3 heterocycles. The molecule has 0 saturated carbocycles. The van der Waals surface area contributed by atoms with E-state index in [1.807, 2.05) is 42.6 Å². The number of Topliss-reactive ketones (excluding diaryl/α,β-unsaturated/α-hetero) is 1. The van der Waals surface area contributed by atoms with E-state index in [0.29, 0.717) is 17.7 Å². The third-order valence-corrected chi connectivity index (χ3v) is 5.63. The monoisotopic (exact) mass is 390 g/mol. The van der Waals surface area contributed by atoms with Crippen LogP contribution in [0.1, 0.15) is 27.6 Å². The van der Waals surface area contributed by atoms with E-state index < -0.39 is 17.7 Å². The quantitative estimate of drug-likeness (QED) is 0.414. The van der Waals surface area contributed by atoms with Crippen LogP contribution in [0.2, 0.25) is 0 Å². The Morgan fingerprint density at radius 1 is 1.14 bits per heavy atom. The number of hydrogen-bond acceptors (Lipinski definition) is 5. The summed E-state index contributed by atoms with van der Waals surface area (Å²) < 4.78 is 0. The Bertz CT molecular complexity index is 1040. The van der Waals surface area contributed by atoms with Crippen LogP contribution < -0.4 is 0 Å². The van der Waals surface area contributed by atoms with Gasteiger partial charge in [0.15, 0.2) is 0 Å². The number of amides is 1. The Morgan fingerprint density at radius 3 is 2.57 bits per heavy atom. The number of rotatable bonds is 4. The standard InChI is InChI=1S/C22H18N2O3S/c1-14-6-8-15(9-7-14)20(25)18-19(16-4-2-10-23-12-16)24(22(27)21(18)26)13-17-5-3-11-28-17/h2-12,19,25H,13H2,1H3/b20-18-. The van der Waals surface area contributed by atoms with E-state index in [9.17, 15) is 14.7 Å². The van der Waals surface area contributed by atoms with Gasteiger partial charge in [-0.05, 0) is 30.0 Å². The molecular weight excluding hydrogens is 372 g/mol. The second-order valence-electron chi connectivity index (χ2n) is 6.66. The van der Waals surface area contributed by atoms with Gasteiger partial charge in [-0.2, -0.15) is 0 Å². The molecule has 6 heteroatoms. The van der Waals surface area contributed by atoms with Crippen molar-refractivity contribution in [3.05, 3.63) is 93.4 Å². The van der Waals surface area contributed by atoms with Gasteiger partial charge in [0.05, 0.1) is 18.2 Å². The lowest BCUT2D eigenvalue weighted by molar-refractivity contribution is -0.140. The summed E-state index contributed by atoms with van der Waals surface area (Å²) in [5.41, 5.74) is 2.33. The van der Waals surface area contributed by atoms with Gasteiger partial charge < -0.3 is 10.0 Å². The summed E-state index contributed by atoms with van der Waals surface area (Å²) in [6.07, 6.45) is 3.26. The summed E-state index contributed by atoms with van der Waals surface area (Å²) in [5.74, 6) is -1.46. The van der Waals surface area contributed by atoms with E-state index in [2.05, 4.69) is 4.98 Å². The van der Waals surface area contributed by atoms with Gasteiger partial charge in [-0.25, -0.2) is 0 Å². The zero-order chi connectivity index (χ0) is 19.7. The Morgan fingerprint density at radius 2 is 1.93 bits per heavy atom. The van der Waals surface area contributed by atoms with Crippen LogP contribution >= 0.6 is 11.3 Å². The smallest absolute Gasteiger partial charge is 0.295 e. The number of thiophene rings is 1. The average molecular weight is 390 g/mol. The van der Waals surface area contributed by atoms with Crippen LogP contribution in [0.15, 0.2) is 71.9 Å². The van der Waals surface area contributed by atoms with Crippen molar-refractivity contribution in [2.75, 3.05) is 0 Å². The third-order valence-electron chi connectivity index (χ3n) is 4.77. The molecule has 5 nitrogen and oxygen atoms in total. The zero-order valence-electron chi connectivity index (χ0n) is 15.2. The van der Waals surface area contributed by atoms with Crippen molar-refractivity contribution in [3.63, 3.8) is 0 Å². The number of aliphatic hydroxyl groups excluding tert-OH is 1. The predicted molar refractivity (Wildman–Crippen MR) is 108 cm³/mol. The number of aryl methyl sites for hydroxylation is 1. The molecule has 0 aliphatic carbocycles. The fourth-order valence-corrected chi connectivity index (χ4v) is 4.07. The van der Waals surface area contributed by atoms with E-state index in [1.165, 1.54) is 16.2 Å². The summed E-state index contributed by atoms with van der Waals surface area (Å²) >= 11 is 1.52. The Labute approximate surface area is 166 Å². The molecule has 0 spiro atoms. The van der Waals surface area contributed by atoms with Gasteiger partial charge in [0.25, 0.3) is 11.7 Å². The number of aromatic nitrogens is 1. The van der Waals surface area contributed by atoms with Gasteiger partial charge in [0.2, 0.25) is 0 Å². The molecule has 1 N–H and O–H groups in total. The minimum absolute atomic E-state index is 0.0957. The molecule has 1 aliphatic rings. The van der Waals surface area contributed by atoms with E-state index in [0.717, 1.165) is 10.4 Å². The van der Waals surface area contributed by atoms with Crippen molar-refractivity contribution >= 4 is 28.8 Å². The maximum atomic E-state index is 12.9. The average Bonchev–Trinajstić information content (AvgIpc) is 3.31. The van der Waals surface area contributed by atoms with Crippen LogP contribution in [0.5, 0.6) is 0 Å². The first-order chi connectivity index (χ1) is 13.6. The molecule has 1 amide bonds. The Hall–Kier alpha value is -3.25. The molecule has 0 bridgehead atoms. The lowest BCUT2D eigenvalue weighted by Crippen LogP contribution is -2.28. The number of benzene rings is 1. The fraction of sp³-hybridized carbons (Fsp3) is 0.136. The number of hydrogen-bond donors (Lipinski definition) is 1. The first-order valence-electron chi connectivity index (χ1n) is 8.84. The summed E-state index contributed by atoms with van der Waals surface area (Å²) in [6, 6.07) is 13.9. The molecule has 1 unspecified atom stereocenters. The van der Waals surface area contributed by atoms with Crippen LogP contribution in [0.4, 0.5) is 0 Å². The molecule has 1 atom stereocenters. The summed E-state index contributed by atoms with van der Waals surface area (Å²) in [7, 11) is 0. The number of carbonyl (C=O) groups excluding carboxylic acids is 2. The molecule has 1 aliphatic heterocycles. The van der Waals surface area contributed by atoms with Crippen molar-refractivity contribution in [1.82, 2.24) is 9.88 Å². The van der Waals surface area contributed by atoms with Crippen LogP contribution in [0.25, 0.3) is 5.76 Å². The maximum Gasteiger partial charge on any atom is 0.295 e. The Kier molecular flexibility index (Phi) is 4.79. The molecule has 140 valence electrons. The molecule has 2 aromatic heterocycles. The molecular formula is C22H18N2O3S. The molecule has 4 rings (SSSR count). The molecule has 28 heavy (non-hydrogen) atoms. The van der Waals surface area contributed by atoms with Gasteiger partial charge in [0, 0.05) is 22.8 Å². The SMILES string of the molecule is Cc1ccc(/C(O)=C2/C(=O)C(=O)N(Cc3cccs3)C2c2cccnc2)cc1. The zero-order valence-corrected chi connectivity index (χ0v) is 16.0. The van der Waals surface area contributed by atoms with Crippen LogP contribution in [0.3, 0.4) is 0 Å². The topological polar surface area (TPSA) is 70.5 Å². The summed E-state index contributed by atoms with van der Waals surface area (Å²) in [5, 5.41) is 12.9.